The van der Waals surface area contributed by atoms with E-state index in [0.717, 1.165) is 23.8 Å². The van der Waals surface area contributed by atoms with Crippen LogP contribution in [0.15, 0.2) is 42.5 Å². The minimum absolute atomic E-state index is 0.00827. The standard InChI is InChI=1S/C45H43ClFN7O6/c1-44(2)42(45(3,4)43(44)60-28-9-6-25(22-48)32(46)19-28)53-23-34-29(39(53)57)10-8-26(49-34)7-5-24-17-27(18-24)51-13-15-52(16-14-51)36-21-31-30(20-33(36)47)40(58)54(41(31)59)35-11-12-37(55)50-38(35)56/h6,8-10,19-21,24,27,35,42-43H,11-18,23H2,1-4H3,(H,50,55,56). The van der Waals surface area contributed by atoms with Crippen molar-refractivity contribution in [1.29, 1.82) is 5.26 Å². The molecular weight excluding hydrogens is 789 g/mol. The van der Waals surface area contributed by atoms with Crippen LogP contribution in [0, 0.1) is 45.7 Å². The van der Waals surface area contributed by atoms with Crippen LogP contribution in [0.3, 0.4) is 0 Å². The van der Waals surface area contributed by atoms with Gasteiger partial charge in [-0.1, -0.05) is 45.2 Å². The number of anilines is 1. The highest BCUT2D eigenvalue weighted by molar-refractivity contribution is 6.31. The predicted molar refractivity (Wildman–Crippen MR) is 216 cm³/mol. The molecule has 0 radical (unpaired) electrons. The summed E-state index contributed by atoms with van der Waals surface area (Å²) in [6.07, 6.45) is 1.62. The second kappa shape index (κ2) is 14.4. The molecule has 308 valence electrons. The molecular formula is C45H43ClFN7O6. The lowest BCUT2D eigenvalue weighted by molar-refractivity contribution is -0.199. The van der Waals surface area contributed by atoms with E-state index in [-0.39, 0.29) is 64.5 Å². The molecule has 2 saturated heterocycles. The molecule has 9 rings (SSSR count). The number of imide groups is 2. The van der Waals surface area contributed by atoms with Crippen molar-refractivity contribution in [2.45, 2.75) is 84.2 Å². The summed E-state index contributed by atoms with van der Waals surface area (Å²) in [4.78, 5) is 76.1. The van der Waals surface area contributed by atoms with Crippen molar-refractivity contribution < 1.29 is 33.1 Å². The lowest BCUT2D eigenvalue weighted by atomic mass is 9.49. The van der Waals surface area contributed by atoms with Gasteiger partial charge in [-0.25, -0.2) is 9.37 Å². The zero-order valence-corrected chi connectivity index (χ0v) is 34.4. The fourth-order valence-corrected chi connectivity index (χ4v) is 10.9. The Kier molecular flexibility index (Phi) is 9.52. The van der Waals surface area contributed by atoms with Crippen molar-refractivity contribution in [3.05, 3.63) is 86.9 Å². The van der Waals surface area contributed by atoms with Gasteiger partial charge >= 0.3 is 0 Å². The average Bonchev–Trinajstić information content (AvgIpc) is 3.62. The molecule has 2 saturated carbocycles. The van der Waals surface area contributed by atoms with E-state index in [2.05, 4.69) is 55.8 Å². The Morgan fingerprint density at radius 3 is 2.27 bits per heavy atom. The van der Waals surface area contributed by atoms with Crippen molar-refractivity contribution in [3.63, 3.8) is 0 Å². The van der Waals surface area contributed by atoms with E-state index in [1.54, 1.807) is 18.2 Å². The van der Waals surface area contributed by atoms with Gasteiger partial charge in [0.15, 0.2) is 0 Å². The first-order valence-corrected chi connectivity index (χ1v) is 20.7. The summed E-state index contributed by atoms with van der Waals surface area (Å²) in [6, 6.07) is 12.4. The Morgan fingerprint density at radius 2 is 1.60 bits per heavy atom. The lowest BCUT2D eigenvalue weighted by Gasteiger charge is -2.65. The zero-order valence-electron chi connectivity index (χ0n) is 33.7. The minimum atomic E-state index is -1.11. The van der Waals surface area contributed by atoms with Gasteiger partial charge in [-0.3, -0.25) is 39.1 Å². The molecule has 1 unspecified atom stereocenters. The van der Waals surface area contributed by atoms with Crippen LogP contribution in [0.1, 0.15) is 101 Å². The first-order chi connectivity index (χ1) is 28.6. The van der Waals surface area contributed by atoms with E-state index in [9.17, 15) is 29.2 Å². The summed E-state index contributed by atoms with van der Waals surface area (Å²) in [7, 11) is 0. The number of aromatic nitrogens is 1. The summed E-state index contributed by atoms with van der Waals surface area (Å²) in [5, 5.41) is 11.8. The number of piperazine rings is 1. The Hall–Kier alpha value is -5.83. The molecule has 60 heavy (non-hydrogen) atoms. The van der Waals surface area contributed by atoms with Gasteiger partial charge in [0.25, 0.3) is 17.7 Å². The van der Waals surface area contributed by atoms with Crippen LogP contribution in [-0.4, -0.2) is 99.6 Å². The van der Waals surface area contributed by atoms with Gasteiger partial charge in [0, 0.05) is 67.5 Å². The van der Waals surface area contributed by atoms with E-state index in [0.29, 0.717) is 72.1 Å². The summed E-state index contributed by atoms with van der Waals surface area (Å²) in [6.45, 7) is 11.3. The fraction of sp³-hybridized carbons (Fsp3) is 0.444. The summed E-state index contributed by atoms with van der Waals surface area (Å²) in [5.74, 6) is 4.20. The van der Waals surface area contributed by atoms with Gasteiger partial charge in [-0.2, -0.15) is 5.26 Å². The number of pyridine rings is 1. The molecule has 15 heteroatoms. The second-order valence-electron chi connectivity index (χ2n) is 17.8. The van der Waals surface area contributed by atoms with Gasteiger partial charge in [0.05, 0.1) is 45.2 Å². The molecule has 2 aromatic carbocycles. The summed E-state index contributed by atoms with van der Waals surface area (Å²) in [5.41, 5.74) is 1.77. The molecule has 2 aliphatic carbocycles. The molecule has 13 nitrogen and oxygen atoms in total. The van der Waals surface area contributed by atoms with E-state index in [4.69, 9.17) is 21.3 Å². The molecule has 0 bridgehead atoms. The maximum atomic E-state index is 15.5. The van der Waals surface area contributed by atoms with Crippen molar-refractivity contribution in [1.82, 2.24) is 25.0 Å². The third-order valence-electron chi connectivity index (χ3n) is 13.4. The molecule has 6 aliphatic rings. The predicted octanol–water partition coefficient (Wildman–Crippen LogP) is 4.94. The highest BCUT2D eigenvalue weighted by atomic mass is 35.5. The van der Waals surface area contributed by atoms with Gasteiger partial charge in [0.2, 0.25) is 11.8 Å². The second-order valence-corrected chi connectivity index (χ2v) is 18.2. The van der Waals surface area contributed by atoms with Crippen molar-refractivity contribution in [2.75, 3.05) is 31.1 Å². The Labute approximate surface area is 351 Å². The van der Waals surface area contributed by atoms with Crippen LogP contribution >= 0.6 is 11.6 Å². The number of piperidine rings is 1. The third-order valence-corrected chi connectivity index (χ3v) is 13.7. The van der Waals surface area contributed by atoms with E-state index < -0.39 is 35.5 Å². The number of fused-ring (bicyclic) bond motifs is 2. The molecule has 4 fully saturated rings. The number of amides is 5. The molecule has 4 aliphatic heterocycles. The zero-order chi connectivity index (χ0) is 42.4. The highest BCUT2D eigenvalue weighted by Gasteiger charge is 2.67. The van der Waals surface area contributed by atoms with Crippen LogP contribution in [0.4, 0.5) is 10.1 Å². The van der Waals surface area contributed by atoms with Gasteiger partial charge in [0.1, 0.15) is 35.5 Å². The summed E-state index contributed by atoms with van der Waals surface area (Å²) < 4.78 is 21.9. The Balaban J connectivity index is 0.785. The van der Waals surface area contributed by atoms with Crippen LogP contribution in [0.2, 0.25) is 5.02 Å². The third kappa shape index (κ3) is 6.39. The fourth-order valence-electron chi connectivity index (χ4n) is 10.7. The first-order valence-electron chi connectivity index (χ1n) is 20.3. The summed E-state index contributed by atoms with van der Waals surface area (Å²) >= 11 is 6.28. The molecule has 1 aromatic heterocycles. The van der Waals surface area contributed by atoms with Gasteiger partial charge < -0.3 is 14.5 Å². The number of nitrogens with one attached hydrogen (secondary N) is 1. The van der Waals surface area contributed by atoms with E-state index in [1.807, 2.05) is 21.9 Å². The number of benzene rings is 2. The number of hydrogen-bond donors (Lipinski definition) is 1. The molecule has 5 amide bonds. The lowest BCUT2D eigenvalue weighted by Crippen LogP contribution is -2.74. The van der Waals surface area contributed by atoms with Crippen molar-refractivity contribution >= 4 is 46.8 Å². The van der Waals surface area contributed by atoms with Crippen molar-refractivity contribution in [3.8, 4) is 23.7 Å². The van der Waals surface area contributed by atoms with Gasteiger partial charge in [-0.15, -0.1) is 0 Å². The van der Waals surface area contributed by atoms with E-state index in [1.165, 1.54) is 6.07 Å². The largest absolute Gasteiger partial charge is 0.489 e. The molecule has 5 heterocycles. The van der Waals surface area contributed by atoms with Crippen LogP contribution in [0.5, 0.6) is 5.75 Å². The molecule has 3 aromatic rings. The Bertz CT molecular complexity index is 2490. The number of rotatable bonds is 6. The first kappa shape index (κ1) is 39.6. The normalized spacial score (nSPS) is 26.6. The van der Waals surface area contributed by atoms with Crippen LogP contribution < -0.4 is 15.0 Å². The highest BCUT2D eigenvalue weighted by Crippen LogP contribution is 2.59. The van der Waals surface area contributed by atoms with E-state index >= 15 is 4.39 Å². The van der Waals surface area contributed by atoms with Crippen molar-refractivity contribution in [2.24, 2.45) is 16.7 Å². The quantitative estimate of drug-likeness (QED) is 0.267. The monoisotopic (exact) mass is 831 g/mol. The SMILES string of the molecule is CC1(C)C(Oc2ccc(C#N)c(Cl)c2)C(C)(C)C1N1Cc2nc(C#CC3CC(N4CCN(c5cc6c(cc5F)C(=O)N(C5CCC(=O)NC5=O)C6=O)CC4)C3)ccc2C1=O. The number of halogens is 2. The maximum absolute atomic E-state index is 15.5. The number of hydrogen-bond acceptors (Lipinski definition) is 10. The number of nitriles is 1. The van der Waals surface area contributed by atoms with Crippen LogP contribution in [0.25, 0.3) is 0 Å². The number of ether oxygens (including phenoxy) is 1. The number of carbonyl (C=O) groups is 5. The topological polar surface area (TPSA) is 156 Å². The Morgan fingerprint density at radius 1 is 0.900 bits per heavy atom. The molecule has 0 spiro atoms. The average molecular weight is 832 g/mol. The van der Waals surface area contributed by atoms with Crippen LogP contribution in [-0.2, 0) is 16.1 Å². The maximum Gasteiger partial charge on any atom is 0.262 e. The number of nitrogens with zero attached hydrogens (tertiary/aromatic N) is 6. The minimum Gasteiger partial charge on any atom is -0.489 e. The van der Waals surface area contributed by atoms with Gasteiger partial charge in [-0.05, 0) is 61.6 Å². The molecule has 1 atom stereocenters. The molecule has 1 N–H and O–H groups in total. The number of carbonyl (C=O) groups excluding carboxylic acids is 5. The smallest absolute Gasteiger partial charge is 0.262 e.